The van der Waals surface area contributed by atoms with Gasteiger partial charge in [-0.15, -0.1) is 0 Å². The van der Waals surface area contributed by atoms with E-state index in [0.717, 1.165) is 5.56 Å². The molecule has 6 heteroatoms. The molecule has 0 saturated heterocycles. The Morgan fingerprint density at radius 1 is 1.58 bits per heavy atom. The van der Waals surface area contributed by atoms with Gasteiger partial charge >= 0.3 is 5.69 Å². The second kappa shape index (κ2) is 7.25. The molecule has 1 N–H and O–H groups in total. The summed E-state index contributed by atoms with van der Waals surface area (Å²) in [5.41, 5.74) is 0.900. The van der Waals surface area contributed by atoms with E-state index in [-0.39, 0.29) is 18.0 Å². The van der Waals surface area contributed by atoms with E-state index in [1.165, 1.54) is 6.07 Å². The van der Waals surface area contributed by atoms with E-state index < -0.39 is 4.92 Å². The Hall–Kier alpha value is -1.40. The molecule has 0 unspecified atom stereocenters. The molecule has 0 aliphatic carbocycles. The molecule has 1 aromatic rings. The fraction of sp³-hybridized carbons (Fsp3) is 0.385. The molecule has 0 saturated carbocycles. The van der Waals surface area contributed by atoms with Crippen molar-refractivity contribution in [2.75, 3.05) is 6.61 Å². The van der Waals surface area contributed by atoms with Crippen LogP contribution in [0.15, 0.2) is 29.3 Å². The smallest absolute Gasteiger partial charge is 0.310 e. The van der Waals surface area contributed by atoms with Crippen molar-refractivity contribution < 1.29 is 9.66 Å². The summed E-state index contributed by atoms with van der Waals surface area (Å²) in [5.74, 6) is 0.258. The number of nitro groups is 1. The van der Waals surface area contributed by atoms with Crippen LogP contribution in [0.5, 0.6) is 5.75 Å². The minimum atomic E-state index is -0.452. The van der Waals surface area contributed by atoms with Crippen LogP contribution in [0, 0.1) is 10.1 Å². The number of nitro benzene ring substituents is 1. The van der Waals surface area contributed by atoms with Gasteiger partial charge in [-0.2, -0.15) is 0 Å². The molecule has 0 aliphatic rings. The maximum atomic E-state index is 10.9. The zero-order valence-corrected chi connectivity index (χ0v) is 12.6. The Morgan fingerprint density at radius 3 is 2.79 bits per heavy atom. The SMILES string of the molecule is C=C(Br)COc1cc(CNC(C)C)ccc1[N+](=O)[O-]. The minimum absolute atomic E-state index is 0.0398. The van der Waals surface area contributed by atoms with Crippen LogP contribution in [0.3, 0.4) is 0 Å². The van der Waals surface area contributed by atoms with Gasteiger partial charge in [-0.3, -0.25) is 10.1 Å². The highest BCUT2D eigenvalue weighted by Crippen LogP contribution is 2.28. The average molecular weight is 329 g/mol. The molecule has 19 heavy (non-hydrogen) atoms. The lowest BCUT2D eigenvalue weighted by Crippen LogP contribution is -2.21. The molecule has 0 heterocycles. The molecule has 0 radical (unpaired) electrons. The van der Waals surface area contributed by atoms with Crippen LogP contribution in [0.1, 0.15) is 19.4 Å². The summed E-state index contributed by atoms with van der Waals surface area (Å²) in [7, 11) is 0. The predicted octanol–water partition coefficient (Wildman–Crippen LogP) is 3.38. The van der Waals surface area contributed by atoms with Crippen LogP contribution in [-0.4, -0.2) is 17.6 Å². The summed E-state index contributed by atoms with van der Waals surface area (Å²) in [6.07, 6.45) is 0. The molecule has 0 amide bonds. The van der Waals surface area contributed by atoms with Crippen molar-refractivity contribution in [3.8, 4) is 5.75 Å². The Kier molecular flexibility index (Phi) is 5.98. The standard InChI is InChI=1S/C13H17BrN2O3/c1-9(2)15-7-11-4-5-12(16(17)18)13(6-11)19-8-10(3)14/h4-6,9,15H,3,7-8H2,1-2H3. The summed E-state index contributed by atoms with van der Waals surface area (Å²) < 4.78 is 6.02. The molecule has 0 spiro atoms. The first-order valence-corrected chi connectivity index (χ1v) is 6.66. The van der Waals surface area contributed by atoms with Crippen molar-refractivity contribution in [2.24, 2.45) is 0 Å². The van der Waals surface area contributed by atoms with Gasteiger partial charge in [-0.25, -0.2) is 0 Å². The van der Waals surface area contributed by atoms with Gasteiger partial charge in [0.25, 0.3) is 0 Å². The van der Waals surface area contributed by atoms with Crippen molar-refractivity contribution in [2.45, 2.75) is 26.4 Å². The molecule has 0 aliphatic heterocycles. The number of halogens is 1. The van der Waals surface area contributed by atoms with E-state index in [0.29, 0.717) is 17.1 Å². The highest BCUT2D eigenvalue weighted by Gasteiger charge is 2.15. The van der Waals surface area contributed by atoms with Crippen LogP contribution in [0.2, 0.25) is 0 Å². The van der Waals surface area contributed by atoms with Gasteiger partial charge in [0, 0.05) is 23.1 Å². The Morgan fingerprint density at radius 2 is 2.26 bits per heavy atom. The number of nitrogens with one attached hydrogen (secondary N) is 1. The second-order valence-corrected chi connectivity index (χ2v) is 5.52. The van der Waals surface area contributed by atoms with Gasteiger partial charge in [0.05, 0.1) is 4.92 Å². The zero-order chi connectivity index (χ0) is 14.4. The number of nitrogens with zero attached hydrogens (tertiary/aromatic N) is 1. The van der Waals surface area contributed by atoms with Gasteiger partial charge in [0.2, 0.25) is 0 Å². The molecule has 1 aromatic carbocycles. The van der Waals surface area contributed by atoms with Gasteiger partial charge in [-0.1, -0.05) is 42.4 Å². The Labute approximate surface area is 120 Å². The molecule has 5 nitrogen and oxygen atoms in total. The lowest BCUT2D eigenvalue weighted by atomic mass is 10.2. The van der Waals surface area contributed by atoms with Crippen LogP contribution in [0.4, 0.5) is 5.69 Å². The first kappa shape index (κ1) is 15.7. The second-order valence-electron chi connectivity index (χ2n) is 4.40. The third-order valence-electron chi connectivity index (χ3n) is 2.32. The van der Waals surface area contributed by atoms with Crippen molar-refractivity contribution in [3.63, 3.8) is 0 Å². The van der Waals surface area contributed by atoms with Crippen LogP contribution in [0.25, 0.3) is 0 Å². The normalized spacial score (nSPS) is 10.5. The molecule has 0 bridgehead atoms. The summed E-state index contributed by atoms with van der Waals surface area (Å²) >= 11 is 3.16. The maximum Gasteiger partial charge on any atom is 0.310 e. The minimum Gasteiger partial charge on any atom is -0.481 e. The molecule has 104 valence electrons. The predicted molar refractivity (Wildman–Crippen MR) is 78.6 cm³/mol. The fourth-order valence-electron chi connectivity index (χ4n) is 1.41. The topological polar surface area (TPSA) is 64.4 Å². The number of hydrogen-bond donors (Lipinski definition) is 1. The number of rotatable bonds is 7. The molecule has 0 aromatic heterocycles. The lowest BCUT2D eigenvalue weighted by Gasteiger charge is -2.10. The zero-order valence-electron chi connectivity index (χ0n) is 11.0. The van der Waals surface area contributed by atoms with Crippen molar-refractivity contribution in [3.05, 3.63) is 44.9 Å². The third-order valence-corrected chi connectivity index (χ3v) is 2.55. The Balaban J connectivity index is 2.90. The quantitative estimate of drug-likeness (QED) is 0.615. The van der Waals surface area contributed by atoms with Crippen molar-refractivity contribution in [1.82, 2.24) is 5.32 Å². The monoisotopic (exact) mass is 328 g/mol. The van der Waals surface area contributed by atoms with E-state index in [4.69, 9.17) is 4.74 Å². The first-order chi connectivity index (χ1) is 8.90. The van der Waals surface area contributed by atoms with Crippen molar-refractivity contribution >= 4 is 21.6 Å². The highest BCUT2D eigenvalue weighted by atomic mass is 79.9. The van der Waals surface area contributed by atoms with Gasteiger partial charge in [-0.05, 0) is 11.6 Å². The molecular formula is C13H17BrN2O3. The van der Waals surface area contributed by atoms with Crippen LogP contribution < -0.4 is 10.1 Å². The summed E-state index contributed by atoms with van der Waals surface area (Å²) in [6.45, 7) is 8.55. The van der Waals surface area contributed by atoms with Gasteiger partial charge in [0.15, 0.2) is 5.75 Å². The fourth-order valence-corrected chi connectivity index (χ4v) is 1.53. The van der Waals surface area contributed by atoms with E-state index in [9.17, 15) is 10.1 Å². The molecule has 0 atom stereocenters. The number of hydrogen-bond acceptors (Lipinski definition) is 4. The molecular weight excluding hydrogens is 312 g/mol. The van der Waals surface area contributed by atoms with Gasteiger partial charge < -0.3 is 10.1 Å². The summed E-state index contributed by atoms with van der Waals surface area (Å²) in [6, 6.07) is 5.22. The largest absolute Gasteiger partial charge is 0.481 e. The number of ether oxygens (including phenoxy) is 1. The third kappa shape index (κ3) is 5.40. The molecule has 1 rings (SSSR count). The summed E-state index contributed by atoms with van der Waals surface area (Å²) in [4.78, 5) is 10.5. The van der Waals surface area contributed by atoms with E-state index in [1.807, 2.05) is 13.8 Å². The van der Waals surface area contributed by atoms with Crippen molar-refractivity contribution in [1.29, 1.82) is 0 Å². The van der Waals surface area contributed by atoms with Crippen LogP contribution >= 0.6 is 15.9 Å². The first-order valence-electron chi connectivity index (χ1n) is 5.87. The van der Waals surface area contributed by atoms with E-state index >= 15 is 0 Å². The highest BCUT2D eigenvalue weighted by molar-refractivity contribution is 9.11. The lowest BCUT2D eigenvalue weighted by molar-refractivity contribution is -0.385. The van der Waals surface area contributed by atoms with E-state index in [2.05, 4.69) is 27.8 Å². The Bertz CT molecular complexity index is 475. The average Bonchev–Trinajstić information content (AvgIpc) is 2.33. The molecule has 0 fully saturated rings. The van der Waals surface area contributed by atoms with E-state index in [1.54, 1.807) is 12.1 Å². The van der Waals surface area contributed by atoms with Gasteiger partial charge in [0.1, 0.15) is 6.61 Å². The number of benzene rings is 1. The maximum absolute atomic E-state index is 10.9. The summed E-state index contributed by atoms with van der Waals surface area (Å²) in [5, 5.41) is 14.2. The van der Waals surface area contributed by atoms with Crippen LogP contribution in [-0.2, 0) is 6.54 Å².